The molecular weight excluding hydrogens is 298 g/mol. The third-order valence-electron chi connectivity index (χ3n) is 3.22. The van der Waals surface area contributed by atoms with Crippen LogP contribution in [-0.2, 0) is 16.0 Å². The van der Waals surface area contributed by atoms with Gasteiger partial charge in [-0.3, -0.25) is 9.59 Å². The molecule has 0 aliphatic heterocycles. The lowest BCUT2D eigenvalue weighted by molar-refractivity contribution is -0.132. The fraction of sp³-hybridized carbons (Fsp3) is 0.312. The van der Waals surface area contributed by atoms with Crippen molar-refractivity contribution in [1.29, 1.82) is 0 Å². The van der Waals surface area contributed by atoms with Gasteiger partial charge in [-0.25, -0.2) is 0 Å². The molecule has 7 nitrogen and oxygen atoms in total. The Labute approximate surface area is 134 Å². The van der Waals surface area contributed by atoms with Crippen molar-refractivity contribution >= 4 is 17.6 Å². The number of hydrogen-bond acceptors (Lipinski definition) is 5. The van der Waals surface area contributed by atoms with E-state index in [0.29, 0.717) is 11.6 Å². The number of nitrogens with one attached hydrogen (secondary N) is 1. The summed E-state index contributed by atoms with van der Waals surface area (Å²) in [5.74, 6) is 1.19. The molecule has 1 aromatic carbocycles. The van der Waals surface area contributed by atoms with Gasteiger partial charge in [-0.2, -0.15) is 0 Å². The van der Waals surface area contributed by atoms with Crippen molar-refractivity contribution in [3.8, 4) is 5.75 Å². The summed E-state index contributed by atoms with van der Waals surface area (Å²) < 4.78 is 9.93. The standard InChI is InChI=1S/C16H19N3O4/c1-11-8-14(18-23-11)17-15(20)10-19(2)16(21)9-12-4-6-13(22-3)7-5-12/h4-8H,9-10H2,1-3H3,(H,17,18,20). The summed E-state index contributed by atoms with van der Waals surface area (Å²) in [5.41, 5.74) is 0.857. The molecule has 0 saturated heterocycles. The normalized spacial score (nSPS) is 10.2. The Morgan fingerprint density at radius 2 is 2.00 bits per heavy atom. The number of carbonyl (C=O) groups excluding carboxylic acids is 2. The lowest BCUT2D eigenvalue weighted by Crippen LogP contribution is -2.35. The molecule has 0 radical (unpaired) electrons. The third kappa shape index (κ3) is 4.84. The summed E-state index contributed by atoms with van der Waals surface area (Å²) in [6.07, 6.45) is 0.219. The van der Waals surface area contributed by atoms with Crippen molar-refractivity contribution in [3.63, 3.8) is 0 Å². The van der Waals surface area contributed by atoms with Crippen LogP contribution in [0.15, 0.2) is 34.9 Å². The Balaban J connectivity index is 1.85. The fourth-order valence-electron chi connectivity index (χ4n) is 1.96. The SMILES string of the molecule is COc1ccc(CC(=O)N(C)CC(=O)Nc2cc(C)on2)cc1. The van der Waals surface area contributed by atoms with Crippen LogP contribution in [0.3, 0.4) is 0 Å². The number of hydrogen-bond donors (Lipinski definition) is 1. The molecule has 1 aromatic heterocycles. The van der Waals surface area contributed by atoms with Crippen molar-refractivity contribution in [2.24, 2.45) is 0 Å². The molecule has 7 heteroatoms. The maximum atomic E-state index is 12.1. The Kier molecular flexibility index (Phi) is 5.35. The van der Waals surface area contributed by atoms with E-state index < -0.39 is 0 Å². The molecule has 23 heavy (non-hydrogen) atoms. The molecule has 0 aliphatic rings. The van der Waals surface area contributed by atoms with Gasteiger partial charge in [0, 0.05) is 13.1 Å². The summed E-state index contributed by atoms with van der Waals surface area (Å²) >= 11 is 0. The Morgan fingerprint density at radius 3 is 2.57 bits per heavy atom. The highest BCUT2D eigenvalue weighted by molar-refractivity contribution is 5.94. The van der Waals surface area contributed by atoms with E-state index >= 15 is 0 Å². The van der Waals surface area contributed by atoms with Gasteiger partial charge in [-0.1, -0.05) is 17.3 Å². The molecule has 2 amide bonds. The van der Waals surface area contributed by atoms with Crippen LogP contribution in [0.2, 0.25) is 0 Å². The smallest absolute Gasteiger partial charge is 0.245 e. The molecule has 0 fully saturated rings. The fourth-order valence-corrected chi connectivity index (χ4v) is 1.96. The zero-order valence-electron chi connectivity index (χ0n) is 13.3. The first kappa shape index (κ1) is 16.5. The average Bonchev–Trinajstić information content (AvgIpc) is 2.92. The van der Waals surface area contributed by atoms with E-state index in [0.717, 1.165) is 11.3 Å². The van der Waals surface area contributed by atoms with Crippen LogP contribution >= 0.6 is 0 Å². The van der Waals surface area contributed by atoms with E-state index in [-0.39, 0.29) is 24.8 Å². The monoisotopic (exact) mass is 317 g/mol. The first-order valence-corrected chi connectivity index (χ1v) is 7.08. The van der Waals surface area contributed by atoms with Gasteiger partial charge in [0.15, 0.2) is 5.82 Å². The van der Waals surface area contributed by atoms with Gasteiger partial charge >= 0.3 is 0 Å². The topological polar surface area (TPSA) is 84.7 Å². The number of nitrogens with zero attached hydrogens (tertiary/aromatic N) is 2. The van der Waals surface area contributed by atoms with Gasteiger partial charge < -0.3 is 19.5 Å². The largest absolute Gasteiger partial charge is 0.497 e. The number of likely N-dealkylation sites (N-methyl/N-ethyl adjacent to an activating group) is 1. The van der Waals surface area contributed by atoms with E-state index in [1.165, 1.54) is 4.90 Å². The number of aromatic nitrogens is 1. The summed E-state index contributed by atoms with van der Waals surface area (Å²) in [5, 5.41) is 6.24. The summed E-state index contributed by atoms with van der Waals surface area (Å²) in [4.78, 5) is 25.4. The number of amides is 2. The number of ether oxygens (including phenoxy) is 1. The van der Waals surface area contributed by atoms with Crippen LogP contribution in [-0.4, -0.2) is 42.6 Å². The van der Waals surface area contributed by atoms with E-state index in [2.05, 4.69) is 10.5 Å². The summed E-state index contributed by atoms with van der Waals surface area (Å²) in [6, 6.07) is 8.84. The Bertz CT molecular complexity index is 679. The summed E-state index contributed by atoms with van der Waals surface area (Å²) in [7, 11) is 3.17. The number of anilines is 1. The number of aryl methyl sites for hydroxylation is 1. The predicted octanol–water partition coefficient (Wildman–Crippen LogP) is 1.63. The van der Waals surface area contributed by atoms with Crippen molar-refractivity contribution in [3.05, 3.63) is 41.7 Å². The van der Waals surface area contributed by atoms with Crippen LogP contribution in [0, 0.1) is 6.92 Å². The second-order valence-electron chi connectivity index (χ2n) is 5.15. The Hall–Kier alpha value is -2.83. The quantitative estimate of drug-likeness (QED) is 0.875. The predicted molar refractivity (Wildman–Crippen MR) is 84.2 cm³/mol. The third-order valence-corrected chi connectivity index (χ3v) is 3.22. The molecule has 0 spiro atoms. The minimum atomic E-state index is -0.330. The van der Waals surface area contributed by atoms with Crippen LogP contribution < -0.4 is 10.1 Å². The molecule has 0 unspecified atom stereocenters. The van der Waals surface area contributed by atoms with Crippen LogP contribution in [0.1, 0.15) is 11.3 Å². The molecule has 0 saturated carbocycles. The first-order valence-electron chi connectivity index (χ1n) is 7.08. The van der Waals surface area contributed by atoms with Crippen molar-refractivity contribution in [1.82, 2.24) is 10.1 Å². The van der Waals surface area contributed by atoms with Gasteiger partial charge in [0.05, 0.1) is 20.1 Å². The maximum absolute atomic E-state index is 12.1. The highest BCUT2D eigenvalue weighted by atomic mass is 16.5. The number of methoxy groups -OCH3 is 1. The Morgan fingerprint density at radius 1 is 1.30 bits per heavy atom. The van der Waals surface area contributed by atoms with Crippen LogP contribution in [0.25, 0.3) is 0 Å². The second-order valence-corrected chi connectivity index (χ2v) is 5.15. The molecular formula is C16H19N3O4. The van der Waals surface area contributed by atoms with Crippen molar-refractivity contribution in [2.45, 2.75) is 13.3 Å². The number of benzene rings is 1. The number of rotatable bonds is 6. The van der Waals surface area contributed by atoms with Crippen molar-refractivity contribution in [2.75, 3.05) is 26.0 Å². The van der Waals surface area contributed by atoms with Crippen LogP contribution in [0.4, 0.5) is 5.82 Å². The maximum Gasteiger partial charge on any atom is 0.245 e. The molecule has 2 aromatic rings. The zero-order valence-corrected chi connectivity index (χ0v) is 13.3. The highest BCUT2D eigenvalue weighted by Gasteiger charge is 2.14. The molecule has 2 rings (SSSR count). The van der Waals surface area contributed by atoms with Gasteiger partial charge in [0.1, 0.15) is 11.5 Å². The van der Waals surface area contributed by atoms with Gasteiger partial charge in [-0.15, -0.1) is 0 Å². The first-order chi connectivity index (χ1) is 11.0. The van der Waals surface area contributed by atoms with E-state index in [4.69, 9.17) is 9.26 Å². The lowest BCUT2D eigenvalue weighted by atomic mass is 10.1. The summed E-state index contributed by atoms with van der Waals surface area (Å²) in [6.45, 7) is 1.67. The van der Waals surface area contributed by atoms with Gasteiger partial charge in [0.2, 0.25) is 11.8 Å². The van der Waals surface area contributed by atoms with E-state index in [1.54, 1.807) is 39.3 Å². The van der Waals surface area contributed by atoms with Gasteiger partial charge in [0.25, 0.3) is 0 Å². The minimum Gasteiger partial charge on any atom is -0.497 e. The zero-order chi connectivity index (χ0) is 16.8. The molecule has 1 N–H and O–H groups in total. The minimum absolute atomic E-state index is 0.0547. The molecule has 0 atom stereocenters. The van der Waals surface area contributed by atoms with E-state index in [1.807, 2.05) is 12.1 Å². The highest BCUT2D eigenvalue weighted by Crippen LogP contribution is 2.12. The molecule has 122 valence electrons. The molecule has 0 aliphatic carbocycles. The second kappa shape index (κ2) is 7.44. The lowest BCUT2D eigenvalue weighted by Gasteiger charge is -2.16. The molecule has 1 heterocycles. The van der Waals surface area contributed by atoms with Crippen molar-refractivity contribution < 1.29 is 18.8 Å². The van der Waals surface area contributed by atoms with Gasteiger partial charge in [-0.05, 0) is 24.6 Å². The molecule has 0 bridgehead atoms. The number of carbonyl (C=O) groups is 2. The average molecular weight is 317 g/mol. The van der Waals surface area contributed by atoms with Crippen LogP contribution in [0.5, 0.6) is 5.75 Å². The van der Waals surface area contributed by atoms with E-state index in [9.17, 15) is 9.59 Å².